The number of hydrogen-bond donors (Lipinski definition) is 0. The van der Waals surface area contributed by atoms with Crippen molar-refractivity contribution in [3.63, 3.8) is 0 Å². The van der Waals surface area contributed by atoms with Crippen molar-refractivity contribution in [3.05, 3.63) is 99.3 Å². The van der Waals surface area contributed by atoms with Crippen molar-refractivity contribution in [2.45, 2.75) is 13.3 Å². The van der Waals surface area contributed by atoms with Crippen LogP contribution < -0.4 is 5.56 Å². The van der Waals surface area contributed by atoms with E-state index in [1.165, 1.54) is 6.26 Å². The number of hydrogen-bond acceptors (Lipinski definition) is 6. The first kappa shape index (κ1) is 21.7. The maximum Gasteiger partial charge on any atom is 0.258 e. The first-order valence-corrected chi connectivity index (χ1v) is 11.0. The van der Waals surface area contributed by atoms with Crippen molar-refractivity contribution in [2.24, 2.45) is 7.05 Å². The van der Waals surface area contributed by atoms with Crippen LogP contribution in [0.3, 0.4) is 0 Å². The average molecular weight is 471 g/mol. The van der Waals surface area contributed by atoms with Gasteiger partial charge in [0.2, 0.25) is 0 Å². The number of fused-ring (bicyclic) bond motifs is 1. The molecule has 7 nitrogen and oxygen atoms in total. The summed E-state index contributed by atoms with van der Waals surface area (Å²) in [7, 11) is 1.70. The summed E-state index contributed by atoms with van der Waals surface area (Å²) in [5, 5.41) is 13.5. The Morgan fingerprint density at radius 1 is 1.06 bits per heavy atom. The van der Waals surface area contributed by atoms with Crippen LogP contribution in [0.2, 0.25) is 5.02 Å². The zero-order chi connectivity index (χ0) is 23.8. The molecule has 0 aliphatic carbocycles. The Kier molecular flexibility index (Phi) is 5.55. The Labute approximate surface area is 199 Å². The molecular formula is C26H19ClN4O3. The smallest absolute Gasteiger partial charge is 0.258 e. The molecule has 0 saturated carbocycles. The Bertz CT molecular complexity index is 1610. The Hall–Kier alpha value is -4.10. The number of pyridine rings is 1. The average Bonchev–Trinajstić information content (AvgIpc) is 3.35. The van der Waals surface area contributed by atoms with Crippen LogP contribution in [0.1, 0.15) is 21.6 Å². The summed E-state index contributed by atoms with van der Waals surface area (Å²) in [5.74, 6) is -0.111. The molecule has 0 aliphatic heterocycles. The van der Waals surface area contributed by atoms with Gasteiger partial charge in [0.15, 0.2) is 5.78 Å². The Balaban J connectivity index is 1.66. The highest BCUT2D eigenvalue weighted by molar-refractivity contribution is 6.33. The molecule has 0 aliphatic rings. The largest absolute Gasteiger partial charge is 0.364 e. The SMILES string of the molecule is Cc1ccc(C(=O)Cc2ccon2)cc1-c1cc2cnnc(-c3ccccc3Cl)c2n(C)c1=O. The van der Waals surface area contributed by atoms with Gasteiger partial charge in [0.05, 0.1) is 28.9 Å². The lowest BCUT2D eigenvalue weighted by atomic mass is 9.95. The third kappa shape index (κ3) is 3.80. The molecule has 3 aromatic heterocycles. The molecule has 2 aromatic carbocycles. The minimum atomic E-state index is -0.210. The fraction of sp³-hybridized carbons (Fsp3) is 0.115. The number of Topliss-reactive ketones (excluding diaryl/α,β-unsaturated/α-hetero) is 1. The molecule has 0 saturated heterocycles. The second-order valence-corrected chi connectivity index (χ2v) is 8.43. The van der Waals surface area contributed by atoms with E-state index >= 15 is 0 Å². The standard InChI is InChI=1S/C26H19ClN4O3/c1-15-7-8-16(23(32)13-18-9-10-34-30-18)11-20(15)21-12-17-14-28-29-24(25(17)31(2)26(21)33)19-5-3-4-6-22(19)27/h3-12,14H,13H2,1-2H3. The predicted octanol–water partition coefficient (Wildman–Crippen LogP) is 5.04. The fourth-order valence-corrected chi connectivity index (χ4v) is 4.29. The molecule has 168 valence electrons. The van der Waals surface area contributed by atoms with E-state index in [0.717, 1.165) is 10.9 Å². The van der Waals surface area contributed by atoms with Crippen LogP contribution in [-0.4, -0.2) is 25.7 Å². The number of carbonyl (C=O) groups excluding carboxylic acids is 1. The number of nitrogens with zero attached hydrogens (tertiary/aromatic N) is 4. The minimum Gasteiger partial charge on any atom is -0.364 e. The number of halogens is 1. The number of carbonyl (C=O) groups is 1. The second kappa shape index (κ2) is 8.68. The molecule has 0 N–H and O–H groups in total. The Morgan fingerprint density at radius 2 is 1.88 bits per heavy atom. The molecule has 0 atom stereocenters. The van der Waals surface area contributed by atoms with Crippen LogP contribution in [0.25, 0.3) is 33.3 Å². The fourth-order valence-electron chi connectivity index (χ4n) is 4.06. The normalized spacial score (nSPS) is 11.1. The highest BCUT2D eigenvalue weighted by atomic mass is 35.5. The van der Waals surface area contributed by atoms with E-state index in [1.54, 1.807) is 48.1 Å². The summed E-state index contributed by atoms with van der Waals surface area (Å²) in [4.78, 5) is 26.3. The van der Waals surface area contributed by atoms with Crippen molar-refractivity contribution in [1.29, 1.82) is 0 Å². The predicted molar refractivity (Wildman–Crippen MR) is 130 cm³/mol. The van der Waals surface area contributed by atoms with Gasteiger partial charge in [-0.2, -0.15) is 5.10 Å². The zero-order valence-electron chi connectivity index (χ0n) is 18.4. The highest BCUT2D eigenvalue weighted by Crippen LogP contribution is 2.32. The Morgan fingerprint density at radius 3 is 2.65 bits per heavy atom. The monoisotopic (exact) mass is 470 g/mol. The van der Waals surface area contributed by atoms with Gasteiger partial charge in [-0.15, -0.1) is 5.10 Å². The van der Waals surface area contributed by atoms with E-state index in [2.05, 4.69) is 15.4 Å². The lowest BCUT2D eigenvalue weighted by Gasteiger charge is -2.14. The van der Waals surface area contributed by atoms with E-state index in [1.807, 2.05) is 31.2 Å². The molecule has 3 heterocycles. The molecule has 0 radical (unpaired) electrons. The molecule has 0 unspecified atom stereocenters. The number of ketones is 1. The molecule has 0 bridgehead atoms. The van der Waals surface area contributed by atoms with Crippen LogP contribution in [0.5, 0.6) is 0 Å². The van der Waals surface area contributed by atoms with Crippen LogP contribution in [0, 0.1) is 6.92 Å². The van der Waals surface area contributed by atoms with Crippen molar-refractivity contribution in [2.75, 3.05) is 0 Å². The van der Waals surface area contributed by atoms with Gasteiger partial charge in [-0.05, 0) is 36.2 Å². The maximum absolute atomic E-state index is 13.5. The van der Waals surface area contributed by atoms with E-state index in [9.17, 15) is 9.59 Å². The van der Waals surface area contributed by atoms with Crippen LogP contribution in [0.15, 0.2) is 76.4 Å². The summed E-state index contributed by atoms with van der Waals surface area (Å²) in [6.45, 7) is 1.91. The first-order chi connectivity index (χ1) is 16.4. The molecule has 34 heavy (non-hydrogen) atoms. The first-order valence-electron chi connectivity index (χ1n) is 10.6. The van der Waals surface area contributed by atoms with E-state index in [4.69, 9.17) is 16.1 Å². The lowest BCUT2D eigenvalue weighted by molar-refractivity contribution is 0.0991. The zero-order valence-corrected chi connectivity index (χ0v) is 19.2. The van der Waals surface area contributed by atoms with Gasteiger partial charge in [0.25, 0.3) is 5.56 Å². The second-order valence-electron chi connectivity index (χ2n) is 8.02. The van der Waals surface area contributed by atoms with Gasteiger partial charge in [0.1, 0.15) is 12.0 Å². The lowest BCUT2D eigenvalue weighted by Crippen LogP contribution is -2.20. The number of aromatic nitrogens is 4. The van der Waals surface area contributed by atoms with Crippen molar-refractivity contribution >= 4 is 28.3 Å². The highest BCUT2D eigenvalue weighted by Gasteiger charge is 2.18. The van der Waals surface area contributed by atoms with Gasteiger partial charge in [-0.25, -0.2) is 0 Å². The summed E-state index contributed by atoms with van der Waals surface area (Å²) in [6.07, 6.45) is 3.17. The molecule has 0 amide bonds. The van der Waals surface area contributed by atoms with E-state index < -0.39 is 0 Å². The topological polar surface area (TPSA) is 90.9 Å². The summed E-state index contributed by atoms with van der Waals surface area (Å²) in [5.41, 5.74) is 4.73. The third-order valence-electron chi connectivity index (χ3n) is 5.83. The number of rotatable bonds is 5. The van der Waals surface area contributed by atoms with E-state index in [0.29, 0.717) is 44.2 Å². The minimum absolute atomic E-state index is 0.111. The van der Waals surface area contributed by atoms with Gasteiger partial charge < -0.3 is 9.09 Å². The maximum atomic E-state index is 13.5. The van der Waals surface area contributed by atoms with Gasteiger partial charge in [-0.1, -0.05) is 47.1 Å². The molecule has 0 fully saturated rings. The molecule has 5 rings (SSSR count). The van der Waals surface area contributed by atoms with Crippen molar-refractivity contribution in [1.82, 2.24) is 19.9 Å². The quantitative estimate of drug-likeness (QED) is 0.334. The van der Waals surface area contributed by atoms with Crippen LogP contribution >= 0.6 is 11.6 Å². The van der Waals surface area contributed by atoms with Gasteiger partial charge >= 0.3 is 0 Å². The molecule has 5 aromatic rings. The van der Waals surface area contributed by atoms with Gasteiger partial charge in [-0.3, -0.25) is 9.59 Å². The van der Waals surface area contributed by atoms with Crippen molar-refractivity contribution in [3.8, 4) is 22.4 Å². The number of aryl methyl sites for hydroxylation is 2. The van der Waals surface area contributed by atoms with Gasteiger partial charge in [0, 0.05) is 35.2 Å². The number of benzene rings is 2. The molecular weight excluding hydrogens is 452 g/mol. The van der Waals surface area contributed by atoms with Crippen LogP contribution in [-0.2, 0) is 13.5 Å². The summed E-state index contributed by atoms with van der Waals surface area (Å²) in [6, 6.07) is 16.1. The molecule has 0 spiro atoms. The summed E-state index contributed by atoms with van der Waals surface area (Å²) < 4.78 is 6.37. The summed E-state index contributed by atoms with van der Waals surface area (Å²) >= 11 is 6.40. The third-order valence-corrected chi connectivity index (χ3v) is 6.16. The molecule has 8 heteroatoms. The van der Waals surface area contributed by atoms with E-state index in [-0.39, 0.29) is 17.8 Å². The van der Waals surface area contributed by atoms with Crippen LogP contribution in [0.4, 0.5) is 0 Å². The van der Waals surface area contributed by atoms with Crippen molar-refractivity contribution < 1.29 is 9.32 Å².